The number of alkyl halides is 3. The molecule has 26 heavy (non-hydrogen) atoms. The maximum atomic E-state index is 12.5. The highest BCUT2D eigenvalue weighted by molar-refractivity contribution is 5.87. The molecule has 1 aromatic carbocycles. The number of carbonyl (C=O) groups excluding carboxylic acids is 2. The number of hydrogen-bond donors (Lipinski definition) is 0. The van der Waals surface area contributed by atoms with Crippen LogP contribution in [0, 0.1) is 5.92 Å². The fraction of sp³-hybridized carbons (Fsp3) is 0.444. The molecule has 1 saturated heterocycles. The largest absolute Gasteiger partial charge is 0.573 e. The van der Waals surface area contributed by atoms with Crippen LogP contribution in [0.2, 0.25) is 0 Å². The first-order chi connectivity index (χ1) is 12.2. The van der Waals surface area contributed by atoms with Gasteiger partial charge >= 0.3 is 6.36 Å². The number of ether oxygens (including phenoxy) is 1. The van der Waals surface area contributed by atoms with Crippen molar-refractivity contribution >= 4 is 11.8 Å². The van der Waals surface area contributed by atoms with Gasteiger partial charge in [0.1, 0.15) is 5.75 Å². The summed E-state index contributed by atoms with van der Waals surface area (Å²) in [6, 6.07) is 5.44. The van der Waals surface area contributed by atoms with Gasteiger partial charge in [0.05, 0.1) is 0 Å². The van der Waals surface area contributed by atoms with Crippen molar-refractivity contribution in [3.05, 3.63) is 42.5 Å². The van der Waals surface area contributed by atoms with Gasteiger partial charge in [-0.3, -0.25) is 9.59 Å². The fourth-order valence-electron chi connectivity index (χ4n) is 2.94. The molecule has 5 nitrogen and oxygen atoms in total. The van der Waals surface area contributed by atoms with Gasteiger partial charge in [-0.1, -0.05) is 18.7 Å². The molecule has 1 aromatic rings. The average Bonchev–Trinajstić information content (AvgIpc) is 2.61. The minimum absolute atomic E-state index is 0.0358. The van der Waals surface area contributed by atoms with Gasteiger partial charge in [0.25, 0.3) is 0 Å². The molecule has 1 heterocycles. The van der Waals surface area contributed by atoms with E-state index in [9.17, 15) is 22.8 Å². The van der Waals surface area contributed by atoms with Gasteiger partial charge in [-0.2, -0.15) is 0 Å². The average molecular weight is 370 g/mol. The van der Waals surface area contributed by atoms with Crippen molar-refractivity contribution in [1.82, 2.24) is 9.80 Å². The second kappa shape index (κ2) is 8.25. The van der Waals surface area contributed by atoms with Crippen molar-refractivity contribution in [2.75, 3.05) is 20.1 Å². The molecule has 142 valence electrons. The number of rotatable bonds is 5. The van der Waals surface area contributed by atoms with E-state index >= 15 is 0 Å². The zero-order valence-corrected chi connectivity index (χ0v) is 14.5. The van der Waals surface area contributed by atoms with E-state index in [2.05, 4.69) is 11.3 Å². The molecule has 2 amide bonds. The standard InChI is InChI=1S/C18H21F3N2O3/c1-3-16(24)23-10-8-14(9-11-23)17(25)22(2)12-13-4-6-15(7-5-13)26-18(19,20)21/h3-7,14H,1,8-12H2,2H3. The van der Waals surface area contributed by atoms with Crippen LogP contribution in [0.15, 0.2) is 36.9 Å². The van der Waals surface area contributed by atoms with Crippen LogP contribution in [0.1, 0.15) is 18.4 Å². The van der Waals surface area contributed by atoms with Crippen LogP contribution in [-0.4, -0.2) is 48.1 Å². The van der Waals surface area contributed by atoms with Gasteiger partial charge < -0.3 is 14.5 Å². The lowest BCUT2D eigenvalue weighted by Gasteiger charge is -2.32. The van der Waals surface area contributed by atoms with Crippen LogP contribution in [0.5, 0.6) is 5.75 Å². The molecule has 0 aromatic heterocycles. The Morgan fingerprint density at radius 2 is 1.85 bits per heavy atom. The third-order valence-electron chi connectivity index (χ3n) is 4.28. The summed E-state index contributed by atoms with van der Waals surface area (Å²) in [7, 11) is 1.66. The maximum absolute atomic E-state index is 12.5. The van der Waals surface area contributed by atoms with Crippen LogP contribution in [0.4, 0.5) is 13.2 Å². The Morgan fingerprint density at radius 1 is 1.27 bits per heavy atom. The van der Waals surface area contributed by atoms with Crippen molar-refractivity contribution < 1.29 is 27.5 Å². The van der Waals surface area contributed by atoms with E-state index in [1.165, 1.54) is 30.3 Å². The molecule has 0 saturated carbocycles. The van der Waals surface area contributed by atoms with Gasteiger partial charge in [-0.05, 0) is 36.6 Å². The summed E-state index contributed by atoms with van der Waals surface area (Å²) in [6.07, 6.45) is -2.29. The molecule has 2 rings (SSSR count). The van der Waals surface area contributed by atoms with Crippen LogP contribution >= 0.6 is 0 Å². The van der Waals surface area contributed by atoms with Gasteiger partial charge in [-0.15, -0.1) is 13.2 Å². The van der Waals surface area contributed by atoms with E-state index in [-0.39, 0.29) is 30.0 Å². The molecule has 0 spiro atoms. The SMILES string of the molecule is C=CC(=O)N1CCC(C(=O)N(C)Cc2ccc(OC(F)(F)F)cc2)CC1. The van der Waals surface area contributed by atoms with Crippen LogP contribution in [0.3, 0.4) is 0 Å². The van der Waals surface area contributed by atoms with Crippen molar-refractivity contribution in [2.45, 2.75) is 25.7 Å². The highest BCUT2D eigenvalue weighted by Gasteiger charge is 2.31. The van der Waals surface area contributed by atoms with E-state index < -0.39 is 6.36 Å². The Balaban J connectivity index is 1.87. The quantitative estimate of drug-likeness (QED) is 0.749. The normalized spacial score (nSPS) is 15.5. The Kier molecular flexibility index (Phi) is 6.28. The first-order valence-corrected chi connectivity index (χ1v) is 8.20. The van der Waals surface area contributed by atoms with E-state index in [0.717, 1.165) is 0 Å². The molecule has 1 aliphatic heterocycles. The van der Waals surface area contributed by atoms with Crippen molar-refractivity contribution in [2.24, 2.45) is 5.92 Å². The number of piperidine rings is 1. The molecule has 0 aliphatic carbocycles. The highest BCUT2D eigenvalue weighted by Crippen LogP contribution is 2.24. The smallest absolute Gasteiger partial charge is 0.406 e. The number of benzene rings is 1. The van der Waals surface area contributed by atoms with Gasteiger partial charge in [0.15, 0.2) is 0 Å². The first-order valence-electron chi connectivity index (χ1n) is 8.20. The Hall–Kier alpha value is -2.51. The number of amides is 2. The zero-order chi connectivity index (χ0) is 19.3. The summed E-state index contributed by atoms with van der Waals surface area (Å²) >= 11 is 0. The zero-order valence-electron chi connectivity index (χ0n) is 14.5. The maximum Gasteiger partial charge on any atom is 0.573 e. The fourth-order valence-corrected chi connectivity index (χ4v) is 2.94. The van der Waals surface area contributed by atoms with Crippen LogP contribution in [-0.2, 0) is 16.1 Å². The summed E-state index contributed by atoms with van der Waals surface area (Å²) in [6.45, 7) is 4.77. The second-order valence-electron chi connectivity index (χ2n) is 6.19. The molecule has 8 heteroatoms. The van der Waals surface area contributed by atoms with Crippen molar-refractivity contribution in [3.8, 4) is 5.75 Å². The summed E-state index contributed by atoms with van der Waals surface area (Å²) in [5.74, 6) is -0.632. The lowest BCUT2D eigenvalue weighted by molar-refractivity contribution is -0.274. The van der Waals surface area contributed by atoms with E-state index in [0.29, 0.717) is 31.5 Å². The summed E-state index contributed by atoms with van der Waals surface area (Å²) < 4.78 is 40.3. The third kappa shape index (κ3) is 5.50. The number of likely N-dealkylation sites (tertiary alicyclic amines) is 1. The van der Waals surface area contributed by atoms with Crippen molar-refractivity contribution in [1.29, 1.82) is 0 Å². The summed E-state index contributed by atoms with van der Waals surface area (Å²) in [5.41, 5.74) is 0.703. The number of hydrogen-bond acceptors (Lipinski definition) is 3. The van der Waals surface area contributed by atoms with Crippen LogP contribution in [0.25, 0.3) is 0 Å². The molecule has 1 aliphatic rings. The molecule has 0 bridgehead atoms. The molecule has 0 N–H and O–H groups in total. The molecule has 0 radical (unpaired) electrons. The Bertz CT molecular complexity index is 651. The monoisotopic (exact) mass is 370 g/mol. The predicted molar refractivity (Wildman–Crippen MR) is 89.1 cm³/mol. The van der Waals surface area contributed by atoms with Crippen molar-refractivity contribution in [3.63, 3.8) is 0 Å². The van der Waals surface area contributed by atoms with E-state index in [1.807, 2.05) is 0 Å². The Morgan fingerprint density at radius 3 is 2.35 bits per heavy atom. The van der Waals surface area contributed by atoms with Gasteiger partial charge in [-0.25, -0.2) is 0 Å². The number of nitrogens with zero attached hydrogens (tertiary/aromatic N) is 2. The lowest BCUT2D eigenvalue weighted by atomic mass is 9.95. The molecular weight excluding hydrogens is 349 g/mol. The third-order valence-corrected chi connectivity index (χ3v) is 4.28. The first kappa shape index (κ1) is 19.8. The van der Waals surface area contributed by atoms with E-state index in [1.54, 1.807) is 16.8 Å². The summed E-state index contributed by atoms with van der Waals surface area (Å²) in [5, 5.41) is 0. The van der Waals surface area contributed by atoms with E-state index in [4.69, 9.17) is 0 Å². The van der Waals surface area contributed by atoms with Gasteiger partial charge in [0.2, 0.25) is 11.8 Å². The molecule has 1 fully saturated rings. The van der Waals surface area contributed by atoms with Crippen LogP contribution < -0.4 is 4.74 Å². The molecular formula is C18H21F3N2O3. The lowest BCUT2D eigenvalue weighted by Crippen LogP contribution is -2.42. The Labute approximate surface area is 150 Å². The topological polar surface area (TPSA) is 49.9 Å². The minimum Gasteiger partial charge on any atom is -0.406 e. The highest BCUT2D eigenvalue weighted by atomic mass is 19.4. The number of halogens is 3. The van der Waals surface area contributed by atoms with Gasteiger partial charge in [0, 0.05) is 32.6 Å². The minimum atomic E-state index is -4.73. The number of carbonyl (C=O) groups is 2. The predicted octanol–water partition coefficient (Wildman–Crippen LogP) is 2.97. The second-order valence-corrected chi connectivity index (χ2v) is 6.19. The molecule has 0 unspecified atom stereocenters. The molecule has 0 atom stereocenters. The summed E-state index contributed by atoms with van der Waals surface area (Å²) in [4.78, 5) is 27.3.